The van der Waals surface area contributed by atoms with Crippen LogP contribution in [-0.4, -0.2) is 33.9 Å². The average Bonchev–Trinajstić information content (AvgIpc) is 2.99. The molecule has 1 amide bonds. The number of ether oxygens (including phenoxy) is 1. The van der Waals surface area contributed by atoms with E-state index in [1.807, 2.05) is 6.07 Å². The molecule has 1 aromatic heterocycles. The Labute approximate surface area is 120 Å². The van der Waals surface area contributed by atoms with E-state index in [-0.39, 0.29) is 18.0 Å². The van der Waals surface area contributed by atoms with Crippen molar-refractivity contribution in [1.82, 2.24) is 9.78 Å². The Bertz CT molecular complexity index is 764. The molecule has 0 unspecified atom stereocenters. The van der Waals surface area contributed by atoms with Crippen LogP contribution in [0, 0.1) is 0 Å². The van der Waals surface area contributed by atoms with Crippen molar-refractivity contribution in [3.8, 4) is 17.0 Å². The van der Waals surface area contributed by atoms with Crippen LogP contribution in [0.25, 0.3) is 11.3 Å². The Kier molecular flexibility index (Phi) is 2.90. The van der Waals surface area contributed by atoms with E-state index in [9.17, 15) is 9.59 Å². The summed E-state index contributed by atoms with van der Waals surface area (Å²) >= 11 is 0. The molecule has 0 saturated heterocycles. The first-order valence-electron chi connectivity index (χ1n) is 6.28. The minimum atomic E-state index is -1.08. The van der Waals surface area contributed by atoms with Gasteiger partial charge in [-0.25, -0.2) is 4.79 Å². The molecule has 21 heavy (non-hydrogen) atoms. The number of hydrogen-bond donors (Lipinski definition) is 2. The number of rotatable bonds is 3. The molecule has 7 heteroatoms. The summed E-state index contributed by atoms with van der Waals surface area (Å²) in [5, 5.41) is 15.7. The number of benzene rings is 1. The zero-order chi connectivity index (χ0) is 15.1. The third-order valence-electron chi connectivity index (χ3n) is 3.41. The van der Waals surface area contributed by atoms with Crippen molar-refractivity contribution in [3.05, 3.63) is 29.5 Å². The number of fused-ring (bicyclic) bond motifs is 1. The minimum absolute atomic E-state index is 0.0267. The van der Waals surface area contributed by atoms with Gasteiger partial charge in [-0.15, -0.1) is 0 Å². The van der Waals surface area contributed by atoms with E-state index in [1.54, 1.807) is 13.1 Å². The van der Waals surface area contributed by atoms with E-state index < -0.39 is 5.97 Å². The fourth-order valence-electron chi connectivity index (χ4n) is 2.46. The summed E-state index contributed by atoms with van der Waals surface area (Å²) in [5.74, 6) is -0.620. The van der Waals surface area contributed by atoms with E-state index in [1.165, 1.54) is 17.9 Å². The van der Waals surface area contributed by atoms with Crippen LogP contribution in [0.2, 0.25) is 0 Å². The van der Waals surface area contributed by atoms with Crippen LogP contribution in [0.1, 0.15) is 16.1 Å². The number of nitrogens with one attached hydrogen (secondary N) is 1. The molecule has 0 atom stereocenters. The van der Waals surface area contributed by atoms with Gasteiger partial charge in [-0.05, 0) is 23.8 Å². The smallest absolute Gasteiger partial charge is 0.356 e. The van der Waals surface area contributed by atoms with Crippen LogP contribution in [0.15, 0.2) is 18.2 Å². The van der Waals surface area contributed by atoms with E-state index in [4.69, 9.17) is 9.84 Å². The highest BCUT2D eigenvalue weighted by Gasteiger charge is 2.24. The quantitative estimate of drug-likeness (QED) is 0.887. The van der Waals surface area contributed by atoms with Crippen LogP contribution >= 0.6 is 0 Å². The number of aromatic nitrogens is 2. The van der Waals surface area contributed by atoms with Gasteiger partial charge in [0.2, 0.25) is 5.91 Å². The molecular formula is C14H13N3O4. The highest BCUT2D eigenvalue weighted by atomic mass is 16.5. The SMILES string of the molecule is COc1cc(-c2cc(C(=O)O)nn2C)cc2c1NC(=O)C2. The number of amides is 1. The highest BCUT2D eigenvalue weighted by molar-refractivity contribution is 6.01. The zero-order valence-electron chi connectivity index (χ0n) is 11.5. The molecule has 108 valence electrons. The zero-order valence-corrected chi connectivity index (χ0v) is 11.5. The lowest BCUT2D eigenvalue weighted by Crippen LogP contribution is -2.04. The predicted molar refractivity (Wildman–Crippen MR) is 74.5 cm³/mol. The monoisotopic (exact) mass is 287 g/mol. The maximum absolute atomic E-state index is 11.5. The van der Waals surface area contributed by atoms with Gasteiger partial charge >= 0.3 is 5.97 Å². The van der Waals surface area contributed by atoms with Gasteiger partial charge < -0.3 is 15.2 Å². The normalized spacial score (nSPS) is 13.0. The highest BCUT2D eigenvalue weighted by Crippen LogP contribution is 2.37. The van der Waals surface area contributed by atoms with Crippen molar-refractivity contribution in [2.45, 2.75) is 6.42 Å². The second-order valence-corrected chi connectivity index (χ2v) is 4.78. The summed E-state index contributed by atoms with van der Waals surface area (Å²) in [6.07, 6.45) is 0.281. The molecule has 0 radical (unpaired) electrons. The lowest BCUT2D eigenvalue weighted by molar-refractivity contribution is -0.115. The van der Waals surface area contributed by atoms with Crippen LogP contribution in [0.5, 0.6) is 5.75 Å². The van der Waals surface area contributed by atoms with E-state index in [2.05, 4.69) is 10.4 Å². The number of aromatic carboxylic acids is 1. The van der Waals surface area contributed by atoms with Crippen LogP contribution < -0.4 is 10.1 Å². The predicted octanol–water partition coefficient (Wildman–Crippen LogP) is 1.29. The molecule has 2 aromatic rings. The topological polar surface area (TPSA) is 93.4 Å². The molecule has 0 spiro atoms. The summed E-state index contributed by atoms with van der Waals surface area (Å²) in [6, 6.07) is 5.10. The molecule has 2 heterocycles. The largest absolute Gasteiger partial charge is 0.495 e. The second kappa shape index (κ2) is 4.62. The van der Waals surface area contributed by atoms with Crippen molar-refractivity contribution >= 4 is 17.6 Å². The molecular weight excluding hydrogens is 274 g/mol. The molecule has 7 nitrogen and oxygen atoms in total. The first kappa shape index (κ1) is 13.2. The number of carboxylic acids is 1. The summed E-state index contributed by atoms with van der Waals surface area (Å²) in [6.45, 7) is 0. The van der Waals surface area contributed by atoms with Crippen molar-refractivity contribution in [2.24, 2.45) is 7.05 Å². The lowest BCUT2D eigenvalue weighted by Gasteiger charge is -2.10. The summed E-state index contributed by atoms with van der Waals surface area (Å²) < 4.78 is 6.80. The summed E-state index contributed by atoms with van der Waals surface area (Å²) in [5.41, 5.74) is 2.87. The molecule has 0 aliphatic carbocycles. The first-order chi connectivity index (χ1) is 9.99. The molecule has 0 saturated carbocycles. The van der Waals surface area contributed by atoms with E-state index >= 15 is 0 Å². The summed E-state index contributed by atoms with van der Waals surface area (Å²) in [7, 11) is 3.20. The molecule has 0 bridgehead atoms. The minimum Gasteiger partial charge on any atom is -0.495 e. The molecule has 3 rings (SSSR count). The van der Waals surface area contributed by atoms with Gasteiger partial charge in [-0.2, -0.15) is 5.10 Å². The number of hydrogen-bond acceptors (Lipinski definition) is 4. The third kappa shape index (κ3) is 2.12. The Balaban J connectivity index is 2.14. The number of nitrogens with zero attached hydrogens (tertiary/aromatic N) is 2. The summed E-state index contributed by atoms with van der Waals surface area (Å²) in [4.78, 5) is 22.5. The third-order valence-corrected chi connectivity index (χ3v) is 3.41. The molecule has 0 fully saturated rings. The molecule has 1 aliphatic rings. The lowest BCUT2D eigenvalue weighted by atomic mass is 10.0. The van der Waals surface area contributed by atoms with Gasteiger partial charge in [0, 0.05) is 12.6 Å². The molecule has 1 aromatic carbocycles. The van der Waals surface area contributed by atoms with Crippen LogP contribution in [0.3, 0.4) is 0 Å². The van der Waals surface area contributed by atoms with Crippen molar-refractivity contribution in [2.75, 3.05) is 12.4 Å². The fourth-order valence-corrected chi connectivity index (χ4v) is 2.46. The van der Waals surface area contributed by atoms with Crippen molar-refractivity contribution in [1.29, 1.82) is 0 Å². The number of carbonyl (C=O) groups excluding carboxylic acids is 1. The number of carboxylic acid groups (broad SMARTS) is 1. The number of methoxy groups -OCH3 is 1. The van der Waals surface area contributed by atoms with Gasteiger partial charge in [-0.1, -0.05) is 0 Å². The van der Waals surface area contributed by atoms with Crippen LogP contribution in [0.4, 0.5) is 5.69 Å². The Morgan fingerprint density at radius 1 is 1.43 bits per heavy atom. The fraction of sp³-hybridized carbons (Fsp3) is 0.214. The Morgan fingerprint density at radius 2 is 2.19 bits per heavy atom. The molecule has 1 aliphatic heterocycles. The number of anilines is 1. The van der Waals surface area contributed by atoms with Gasteiger partial charge in [0.25, 0.3) is 0 Å². The molecule has 2 N–H and O–H groups in total. The van der Waals surface area contributed by atoms with E-state index in [0.29, 0.717) is 17.1 Å². The van der Waals surface area contributed by atoms with Crippen molar-refractivity contribution in [3.63, 3.8) is 0 Å². The van der Waals surface area contributed by atoms with Gasteiger partial charge in [-0.3, -0.25) is 9.48 Å². The maximum Gasteiger partial charge on any atom is 0.356 e. The average molecular weight is 287 g/mol. The standard InChI is InChI=1S/C14H13N3O4/c1-17-10(6-9(16-17)14(19)20)7-3-8-5-12(18)15-13(8)11(4-7)21-2/h3-4,6H,5H2,1-2H3,(H,15,18)(H,19,20). The van der Waals surface area contributed by atoms with Gasteiger partial charge in [0.05, 0.1) is 24.9 Å². The Morgan fingerprint density at radius 3 is 2.81 bits per heavy atom. The van der Waals surface area contributed by atoms with Crippen molar-refractivity contribution < 1.29 is 19.4 Å². The van der Waals surface area contributed by atoms with E-state index in [0.717, 1.165) is 11.1 Å². The first-order valence-corrected chi connectivity index (χ1v) is 6.28. The second-order valence-electron chi connectivity index (χ2n) is 4.78. The van der Waals surface area contributed by atoms with Gasteiger partial charge in [0.1, 0.15) is 5.75 Å². The number of carbonyl (C=O) groups is 2. The van der Waals surface area contributed by atoms with Crippen LogP contribution in [-0.2, 0) is 18.3 Å². The van der Waals surface area contributed by atoms with Gasteiger partial charge in [0.15, 0.2) is 5.69 Å². The maximum atomic E-state index is 11.5. The number of aryl methyl sites for hydroxylation is 1. The Hall–Kier alpha value is -2.83.